The number of hydrazone groups is 1. The quantitative estimate of drug-likeness (QED) is 0.494. The van der Waals surface area contributed by atoms with Crippen LogP contribution in [0.4, 0.5) is 0 Å². The molecule has 3 rings (SSSR count). The first-order valence-corrected chi connectivity index (χ1v) is 7.99. The molecule has 1 aromatic rings. The monoisotopic (exact) mass is 339 g/mol. The van der Waals surface area contributed by atoms with Crippen molar-refractivity contribution in [2.24, 2.45) is 10.1 Å². The Labute approximate surface area is 124 Å². The highest BCUT2D eigenvalue weighted by atomic mass is 79.9. The van der Waals surface area contributed by atoms with Gasteiger partial charge in [-0.2, -0.15) is 5.10 Å². The number of benzene rings is 1. The van der Waals surface area contributed by atoms with Gasteiger partial charge in [0.15, 0.2) is 5.17 Å². The fraction of sp³-hybridized carbons (Fsp3) is 0.385. The predicted molar refractivity (Wildman–Crippen MR) is 83.4 cm³/mol. The van der Waals surface area contributed by atoms with Crippen molar-refractivity contribution in [1.82, 2.24) is 5.43 Å². The molecule has 1 heterocycles. The molecule has 0 unspecified atom stereocenters. The fourth-order valence-corrected chi connectivity index (χ4v) is 4.45. The van der Waals surface area contributed by atoms with E-state index in [-0.39, 0.29) is 5.75 Å². The van der Waals surface area contributed by atoms with Gasteiger partial charge in [-0.1, -0.05) is 39.8 Å². The van der Waals surface area contributed by atoms with Crippen molar-refractivity contribution in [1.29, 1.82) is 0 Å². The first-order chi connectivity index (χ1) is 9.24. The van der Waals surface area contributed by atoms with Crippen LogP contribution in [0.5, 0.6) is 5.75 Å². The number of amidine groups is 1. The Balaban J connectivity index is 1.61. The Kier molecular flexibility index (Phi) is 3.79. The number of nitrogens with zero attached hydrogens (tertiary/aromatic N) is 2. The van der Waals surface area contributed by atoms with Crippen LogP contribution >= 0.6 is 27.7 Å². The second-order valence-electron chi connectivity index (χ2n) is 4.61. The molecular weight excluding hydrogens is 326 g/mol. The zero-order chi connectivity index (χ0) is 13.2. The molecule has 6 heteroatoms. The summed E-state index contributed by atoms with van der Waals surface area (Å²) < 4.78 is 0. The minimum absolute atomic E-state index is 0.228. The van der Waals surface area contributed by atoms with E-state index in [2.05, 4.69) is 31.4 Å². The van der Waals surface area contributed by atoms with Gasteiger partial charge in [-0.05, 0) is 25.0 Å². The maximum atomic E-state index is 9.61. The second kappa shape index (κ2) is 5.54. The number of halogens is 1. The first-order valence-electron chi connectivity index (χ1n) is 6.19. The summed E-state index contributed by atoms with van der Waals surface area (Å²) >= 11 is 5.44. The summed E-state index contributed by atoms with van der Waals surface area (Å²) in [6.45, 7) is 0. The number of aliphatic imine (C=N–C) groups is 1. The molecule has 1 fully saturated rings. The minimum atomic E-state index is 0.228. The fourth-order valence-electron chi connectivity index (χ4n) is 2.31. The predicted octanol–water partition coefficient (Wildman–Crippen LogP) is 2.71. The van der Waals surface area contributed by atoms with Crippen LogP contribution in [0, 0.1) is 0 Å². The SMILES string of the molecule is Oc1ccccc1/C=N\NC1=N[C@@H]2CC[C@H](Br)[C@@H]2S1. The van der Waals surface area contributed by atoms with Gasteiger partial charge in [0.05, 0.1) is 12.3 Å². The molecular formula is C13H14BrN3OS. The third kappa shape index (κ3) is 2.79. The Morgan fingerprint density at radius 2 is 2.26 bits per heavy atom. The number of hydrogen-bond donors (Lipinski definition) is 2. The first kappa shape index (κ1) is 13.0. The number of phenols is 1. The van der Waals surface area contributed by atoms with Crippen LogP contribution in [0.1, 0.15) is 18.4 Å². The van der Waals surface area contributed by atoms with Crippen LogP contribution in [-0.4, -0.2) is 32.6 Å². The van der Waals surface area contributed by atoms with Gasteiger partial charge in [0, 0.05) is 15.6 Å². The molecule has 0 saturated heterocycles. The lowest BCUT2D eigenvalue weighted by Crippen LogP contribution is -2.17. The highest BCUT2D eigenvalue weighted by molar-refractivity contribution is 9.09. The van der Waals surface area contributed by atoms with Crippen LogP contribution in [0.25, 0.3) is 0 Å². The van der Waals surface area contributed by atoms with Crippen molar-refractivity contribution >= 4 is 39.1 Å². The maximum Gasteiger partial charge on any atom is 0.177 e. The van der Waals surface area contributed by atoms with E-state index in [1.54, 1.807) is 30.1 Å². The smallest absolute Gasteiger partial charge is 0.177 e. The molecule has 0 aromatic heterocycles. The molecule has 100 valence electrons. The summed E-state index contributed by atoms with van der Waals surface area (Å²) in [5.74, 6) is 0.228. The number of alkyl halides is 1. The number of thioether (sulfide) groups is 1. The lowest BCUT2D eigenvalue weighted by molar-refractivity contribution is 0.474. The molecule has 1 aliphatic carbocycles. The van der Waals surface area contributed by atoms with Gasteiger partial charge in [-0.25, -0.2) is 0 Å². The van der Waals surface area contributed by atoms with Crippen molar-refractivity contribution in [3.8, 4) is 5.75 Å². The van der Waals surface area contributed by atoms with Crippen molar-refractivity contribution in [2.75, 3.05) is 0 Å². The number of fused-ring (bicyclic) bond motifs is 1. The summed E-state index contributed by atoms with van der Waals surface area (Å²) in [6, 6.07) is 7.52. The molecule has 0 bridgehead atoms. The largest absolute Gasteiger partial charge is 0.507 e. The van der Waals surface area contributed by atoms with Gasteiger partial charge in [-0.3, -0.25) is 10.4 Å². The number of para-hydroxylation sites is 1. The highest BCUT2D eigenvalue weighted by Gasteiger charge is 2.40. The van der Waals surface area contributed by atoms with Crippen LogP contribution in [0.2, 0.25) is 0 Å². The minimum Gasteiger partial charge on any atom is -0.507 e. The Hall–Kier alpha value is -1.01. The summed E-state index contributed by atoms with van der Waals surface area (Å²) in [7, 11) is 0. The van der Waals surface area contributed by atoms with E-state index in [0.717, 1.165) is 11.6 Å². The van der Waals surface area contributed by atoms with E-state index in [1.165, 1.54) is 6.42 Å². The number of rotatable bonds is 2. The number of phenolic OH excluding ortho intramolecular Hbond substituents is 1. The van der Waals surface area contributed by atoms with Gasteiger partial charge in [0.2, 0.25) is 0 Å². The molecule has 1 saturated carbocycles. The second-order valence-corrected chi connectivity index (χ2v) is 6.95. The van der Waals surface area contributed by atoms with E-state index in [0.29, 0.717) is 21.7 Å². The van der Waals surface area contributed by atoms with E-state index in [4.69, 9.17) is 0 Å². The van der Waals surface area contributed by atoms with Gasteiger partial charge >= 0.3 is 0 Å². The molecule has 4 nitrogen and oxygen atoms in total. The standard InChI is InChI=1S/C13H14BrN3OS/c14-9-5-6-10-12(9)19-13(16-10)17-15-7-8-3-1-2-4-11(8)18/h1-4,7,9-10,12,18H,5-6H2,(H,16,17)/b15-7-/t9-,10+,12-/m0/s1. The van der Waals surface area contributed by atoms with Crippen molar-refractivity contribution < 1.29 is 5.11 Å². The van der Waals surface area contributed by atoms with Gasteiger partial charge < -0.3 is 5.11 Å². The summed E-state index contributed by atoms with van der Waals surface area (Å²) in [4.78, 5) is 5.17. The Morgan fingerprint density at radius 3 is 3.05 bits per heavy atom. The summed E-state index contributed by atoms with van der Waals surface area (Å²) in [6.07, 6.45) is 3.94. The number of nitrogens with one attached hydrogen (secondary N) is 1. The average molecular weight is 340 g/mol. The molecule has 1 aliphatic heterocycles. The molecule has 0 spiro atoms. The molecule has 3 atom stereocenters. The van der Waals surface area contributed by atoms with Crippen LogP contribution in [-0.2, 0) is 0 Å². The molecule has 2 aliphatic rings. The number of aromatic hydroxyl groups is 1. The summed E-state index contributed by atoms with van der Waals surface area (Å²) in [5, 5.41) is 15.1. The highest BCUT2D eigenvalue weighted by Crippen LogP contribution is 2.41. The Bertz CT molecular complexity index is 534. The molecule has 0 amide bonds. The lowest BCUT2D eigenvalue weighted by Gasteiger charge is -2.09. The van der Waals surface area contributed by atoms with Crippen LogP contribution in [0.3, 0.4) is 0 Å². The zero-order valence-electron chi connectivity index (χ0n) is 10.2. The molecule has 19 heavy (non-hydrogen) atoms. The van der Waals surface area contributed by atoms with Crippen molar-refractivity contribution in [3.63, 3.8) is 0 Å². The van der Waals surface area contributed by atoms with E-state index in [1.807, 2.05) is 12.1 Å². The third-order valence-corrected chi connectivity index (χ3v) is 6.02. The topological polar surface area (TPSA) is 57.0 Å². The molecule has 2 N–H and O–H groups in total. The van der Waals surface area contributed by atoms with Crippen LogP contribution < -0.4 is 5.43 Å². The van der Waals surface area contributed by atoms with Crippen LogP contribution in [0.15, 0.2) is 34.4 Å². The third-order valence-electron chi connectivity index (χ3n) is 3.31. The maximum absolute atomic E-state index is 9.61. The van der Waals surface area contributed by atoms with E-state index >= 15 is 0 Å². The van der Waals surface area contributed by atoms with E-state index < -0.39 is 0 Å². The Morgan fingerprint density at radius 1 is 1.42 bits per heavy atom. The zero-order valence-corrected chi connectivity index (χ0v) is 12.6. The normalized spacial score (nSPS) is 29.5. The molecule has 1 aromatic carbocycles. The van der Waals surface area contributed by atoms with Crippen molar-refractivity contribution in [2.45, 2.75) is 29.0 Å². The van der Waals surface area contributed by atoms with Gasteiger partial charge in [0.1, 0.15) is 5.75 Å². The van der Waals surface area contributed by atoms with Gasteiger partial charge in [-0.15, -0.1) is 0 Å². The average Bonchev–Trinajstić information content (AvgIpc) is 2.95. The summed E-state index contributed by atoms with van der Waals surface area (Å²) in [5.41, 5.74) is 3.65. The lowest BCUT2D eigenvalue weighted by atomic mass is 10.2. The number of hydrogen-bond acceptors (Lipinski definition) is 5. The van der Waals surface area contributed by atoms with Gasteiger partial charge in [0.25, 0.3) is 0 Å². The van der Waals surface area contributed by atoms with E-state index in [9.17, 15) is 5.11 Å². The molecule has 0 radical (unpaired) electrons. The van der Waals surface area contributed by atoms with Crippen molar-refractivity contribution in [3.05, 3.63) is 29.8 Å².